The van der Waals surface area contributed by atoms with Gasteiger partial charge in [0, 0.05) is 18.6 Å². The molecule has 2 rings (SSSR count). The lowest BCUT2D eigenvalue weighted by atomic mass is 9.97. The monoisotopic (exact) mass is 312 g/mol. The molecule has 1 amide bonds. The van der Waals surface area contributed by atoms with Crippen LogP contribution in [0, 0.1) is 6.92 Å². The van der Waals surface area contributed by atoms with Crippen LogP contribution >= 0.6 is 12.4 Å². The summed E-state index contributed by atoms with van der Waals surface area (Å²) in [6.07, 6.45) is 3.20. The number of nitrogens with two attached hydrogens (primary N) is 1. The summed E-state index contributed by atoms with van der Waals surface area (Å²) >= 11 is 0. The van der Waals surface area contributed by atoms with E-state index in [1.165, 1.54) is 5.56 Å². The van der Waals surface area contributed by atoms with Crippen molar-refractivity contribution < 1.29 is 9.53 Å². The maximum atomic E-state index is 12.3. The number of ether oxygens (including phenoxy) is 1. The first-order valence-corrected chi connectivity index (χ1v) is 7.32. The van der Waals surface area contributed by atoms with E-state index >= 15 is 0 Å². The van der Waals surface area contributed by atoms with Crippen LogP contribution in [0.5, 0.6) is 5.75 Å². The number of carbonyl (C=O) groups excluding carboxylic acids is 1. The van der Waals surface area contributed by atoms with E-state index in [2.05, 4.69) is 0 Å². The summed E-state index contributed by atoms with van der Waals surface area (Å²) in [6.45, 7) is 4.88. The van der Waals surface area contributed by atoms with Crippen LogP contribution < -0.4 is 10.5 Å². The van der Waals surface area contributed by atoms with Crippen LogP contribution in [-0.4, -0.2) is 36.0 Å². The first-order valence-electron chi connectivity index (χ1n) is 7.32. The van der Waals surface area contributed by atoms with Crippen LogP contribution in [0.4, 0.5) is 0 Å². The molecule has 1 fully saturated rings. The molecular formula is C16H25ClN2O2. The highest BCUT2D eigenvalue weighted by atomic mass is 35.5. The molecule has 2 N–H and O–H groups in total. The predicted molar refractivity (Wildman–Crippen MR) is 86.9 cm³/mol. The summed E-state index contributed by atoms with van der Waals surface area (Å²) in [6, 6.07) is 7.90. The fourth-order valence-electron chi connectivity index (χ4n) is 2.68. The maximum absolute atomic E-state index is 12.3. The average Bonchev–Trinajstić information content (AvgIpc) is 2.46. The number of amides is 1. The van der Waals surface area contributed by atoms with Crippen molar-refractivity contribution in [1.29, 1.82) is 0 Å². The van der Waals surface area contributed by atoms with Gasteiger partial charge in [-0.05, 0) is 45.2 Å². The van der Waals surface area contributed by atoms with Crippen molar-refractivity contribution >= 4 is 18.3 Å². The molecule has 5 heteroatoms. The second-order valence-electron chi connectivity index (χ2n) is 5.61. The fraction of sp³-hybridized carbons (Fsp3) is 0.562. The molecule has 2 unspecified atom stereocenters. The molecule has 4 nitrogen and oxygen atoms in total. The minimum Gasteiger partial charge on any atom is -0.484 e. The SMILES string of the molecule is Cc1ccc(OCC(=O)N2CCCCC2C(C)N)cc1.Cl. The van der Waals surface area contributed by atoms with Crippen LogP contribution in [0.2, 0.25) is 0 Å². The van der Waals surface area contributed by atoms with Crippen molar-refractivity contribution in [3.8, 4) is 5.75 Å². The molecule has 1 aliphatic rings. The molecule has 0 aromatic heterocycles. The first kappa shape index (κ1) is 17.8. The van der Waals surface area contributed by atoms with E-state index < -0.39 is 0 Å². The second-order valence-corrected chi connectivity index (χ2v) is 5.61. The van der Waals surface area contributed by atoms with Gasteiger partial charge in [0.25, 0.3) is 5.91 Å². The Balaban J connectivity index is 0.00000220. The van der Waals surface area contributed by atoms with Crippen molar-refractivity contribution in [2.24, 2.45) is 5.73 Å². The molecule has 0 radical (unpaired) electrons. The molecule has 0 saturated carbocycles. The molecule has 21 heavy (non-hydrogen) atoms. The van der Waals surface area contributed by atoms with Gasteiger partial charge >= 0.3 is 0 Å². The largest absolute Gasteiger partial charge is 0.484 e. The van der Waals surface area contributed by atoms with E-state index in [0.717, 1.165) is 31.6 Å². The van der Waals surface area contributed by atoms with Gasteiger partial charge < -0.3 is 15.4 Å². The Labute approximate surface area is 133 Å². The number of rotatable bonds is 4. The molecule has 1 aromatic rings. The number of halogens is 1. The quantitative estimate of drug-likeness (QED) is 0.929. The van der Waals surface area contributed by atoms with E-state index in [-0.39, 0.29) is 37.0 Å². The molecule has 1 aliphatic heterocycles. The van der Waals surface area contributed by atoms with E-state index in [4.69, 9.17) is 10.5 Å². The summed E-state index contributed by atoms with van der Waals surface area (Å²) in [4.78, 5) is 14.2. The third-order valence-electron chi connectivity index (χ3n) is 3.86. The number of likely N-dealkylation sites (tertiary alicyclic amines) is 1. The third kappa shape index (κ3) is 4.90. The van der Waals surface area contributed by atoms with Crippen molar-refractivity contribution in [3.05, 3.63) is 29.8 Å². The second kappa shape index (κ2) is 8.25. The van der Waals surface area contributed by atoms with Gasteiger partial charge in [-0.1, -0.05) is 17.7 Å². The van der Waals surface area contributed by atoms with Crippen molar-refractivity contribution in [2.45, 2.75) is 45.2 Å². The van der Waals surface area contributed by atoms with Gasteiger partial charge in [-0.3, -0.25) is 4.79 Å². The lowest BCUT2D eigenvalue weighted by Gasteiger charge is -2.38. The highest BCUT2D eigenvalue weighted by Gasteiger charge is 2.29. The standard InChI is InChI=1S/C16H24N2O2.ClH/c1-12-6-8-14(9-7-12)20-11-16(19)18-10-4-3-5-15(18)13(2)17;/h6-9,13,15H,3-5,10-11,17H2,1-2H3;1H. The Morgan fingerprint density at radius 1 is 1.38 bits per heavy atom. The van der Waals surface area contributed by atoms with Crippen LogP contribution in [0.25, 0.3) is 0 Å². The van der Waals surface area contributed by atoms with Gasteiger partial charge in [0.05, 0.1) is 0 Å². The summed E-state index contributed by atoms with van der Waals surface area (Å²) in [5.74, 6) is 0.769. The summed E-state index contributed by atoms with van der Waals surface area (Å²) < 4.78 is 5.57. The van der Waals surface area contributed by atoms with E-state index in [0.29, 0.717) is 0 Å². The molecule has 0 bridgehead atoms. The van der Waals surface area contributed by atoms with Gasteiger partial charge in [-0.15, -0.1) is 12.4 Å². The van der Waals surface area contributed by atoms with Crippen LogP contribution in [0.3, 0.4) is 0 Å². The van der Waals surface area contributed by atoms with Gasteiger partial charge in [-0.2, -0.15) is 0 Å². The van der Waals surface area contributed by atoms with E-state index in [9.17, 15) is 4.79 Å². The molecule has 2 atom stereocenters. The lowest BCUT2D eigenvalue weighted by molar-refractivity contribution is -0.137. The Hall–Kier alpha value is -1.26. The van der Waals surface area contributed by atoms with Gasteiger partial charge in [0.1, 0.15) is 5.75 Å². The molecule has 0 spiro atoms. The highest BCUT2D eigenvalue weighted by molar-refractivity contribution is 5.85. The number of aryl methyl sites for hydroxylation is 1. The smallest absolute Gasteiger partial charge is 0.260 e. The molecular weight excluding hydrogens is 288 g/mol. The molecule has 1 aromatic carbocycles. The number of hydrogen-bond donors (Lipinski definition) is 1. The van der Waals surface area contributed by atoms with Gasteiger partial charge in [-0.25, -0.2) is 0 Å². The Kier molecular flexibility index (Phi) is 6.99. The number of carbonyl (C=O) groups is 1. The van der Waals surface area contributed by atoms with Crippen LogP contribution in [0.15, 0.2) is 24.3 Å². The molecule has 1 heterocycles. The van der Waals surface area contributed by atoms with Gasteiger partial charge in [0.2, 0.25) is 0 Å². The minimum atomic E-state index is 0. The maximum Gasteiger partial charge on any atom is 0.260 e. The van der Waals surface area contributed by atoms with Crippen molar-refractivity contribution in [1.82, 2.24) is 4.90 Å². The minimum absolute atomic E-state index is 0. The topological polar surface area (TPSA) is 55.6 Å². The van der Waals surface area contributed by atoms with Gasteiger partial charge in [0.15, 0.2) is 6.61 Å². The van der Waals surface area contributed by atoms with Crippen LogP contribution in [0.1, 0.15) is 31.7 Å². The number of piperidine rings is 1. The van der Waals surface area contributed by atoms with Crippen LogP contribution in [-0.2, 0) is 4.79 Å². The van der Waals surface area contributed by atoms with Crippen molar-refractivity contribution in [2.75, 3.05) is 13.2 Å². The highest BCUT2D eigenvalue weighted by Crippen LogP contribution is 2.19. The number of nitrogens with zero attached hydrogens (tertiary/aromatic N) is 1. The zero-order chi connectivity index (χ0) is 14.5. The zero-order valence-electron chi connectivity index (χ0n) is 12.7. The zero-order valence-corrected chi connectivity index (χ0v) is 13.6. The lowest BCUT2D eigenvalue weighted by Crippen LogP contribution is -2.52. The first-order chi connectivity index (χ1) is 9.58. The molecule has 1 saturated heterocycles. The Morgan fingerprint density at radius 3 is 2.67 bits per heavy atom. The Morgan fingerprint density at radius 2 is 2.05 bits per heavy atom. The molecule has 0 aliphatic carbocycles. The van der Waals surface area contributed by atoms with E-state index in [1.807, 2.05) is 43.0 Å². The summed E-state index contributed by atoms with van der Waals surface area (Å²) in [7, 11) is 0. The number of hydrogen-bond acceptors (Lipinski definition) is 3. The van der Waals surface area contributed by atoms with E-state index in [1.54, 1.807) is 0 Å². The summed E-state index contributed by atoms with van der Waals surface area (Å²) in [5.41, 5.74) is 7.16. The fourth-order valence-corrected chi connectivity index (χ4v) is 2.68. The number of benzene rings is 1. The predicted octanol–water partition coefficient (Wildman–Crippen LogP) is 2.52. The summed E-state index contributed by atoms with van der Waals surface area (Å²) in [5, 5.41) is 0. The molecule has 118 valence electrons. The third-order valence-corrected chi connectivity index (χ3v) is 3.86. The van der Waals surface area contributed by atoms with Crippen molar-refractivity contribution in [3.63, 3.8) is 0 Å². The normalized spacial score (nSPS) is 19.6. The Bertz CT molecular complexity index is 448. The average molecular weight is 313 g/mol.